The Morgan fingerprint density at radius 3 is 2.54 bits per heavy atom. The number of rotatable bonds is 8. The van der Waals surface area contributed by atoms with Gasteiger partial charge in [-0.05, 0) is 52.0 Å². The third-order valence-electron chi connectivity index (χ3n) is 3.98. The lowest BCUT2D eigenvalue weighted by Crippen LogP contribution is -2.41. The van der Waals surface area contributed by atoms with E-state index < -0.39 is 11.8 Å². The van der Waals surface area contributed by atoms with Crippen LogP contribution in [0.4, 0.5) is 0 Å². The number of hydrogen-bond donors (Lipinski definition) is 1. The number of ether oxygens (including phenoxy) is 3. The maximum atomic E-state index is 10.8. The number of carbonyl (C=O) groups is 1. The molecule has 134 valence electrons. The fraction of sp³-hybridized carbons (Fsp3) is 0.611. The van der Waals surface area contributed by atoms with Gasteiger partial charge in [0.2, 0.25) is 0 Å². The first-order chi connectivity index (χ1) is 11.3. The van der Waals surface area contributed by atoms with Gasteiger partial charge in [0.1, 0.15) is 12.4 Å². The molecule has 6 heteroatoms. The van der Waals surface area contributed by atoms with Crippen molar-refractivity contribution >= 4 is 5.97 Å². The summed E-state index contributed by atoms with van der Waals surface area (Å²) in [4.78, 5) is 13.1. The first kappa shape index (κ1) is 18.7. The molecule has 0 radical (unpaired) electrons. The molecule has 1 heterocycles. The minimum absolute atomic E-state index is 0.0669. The fourth-order valence-corrected chi connectivity index (χ4v) is 2.65. The van der Waals surface area contributed by atoms with Crippen molar-refractivity contribution in [3.8, 4) is 5.75 Å². The van der Waals surface area contributed by atoms with Gasteiger partial charge in [-0.25, -0.2) is 4.79 Å². The summed E-state index contributed by atoms with van der Waals surface area (Å²) in [5, 5.41) is 8.89. The van der Waals surface area contributed by atoms with Crippen LogP contribution in [0.1, 0.15) is 38.1 Å². The third-order valence-corrected chi connectivity index (χ3v) is 3.98. The predicted octanol–water partition coefficient (Wildman–Crippen LogP) is 2.63. The Balaban J connectivity index is 1.80. The van der Waals surface area contributed by atoms with Crippen molar-refractivity contribution in [2.24, 2.45) is 0 Å². The molecule has 1 fully saturated rings. The van der Waals surface area contributed by atoms with E-state index in [9.17, 15) is 4.79 Å². The Kier molecular flexibility index (Phi) is 6.21. The van der Waals surface area contributed by atoms with E-state index in [0.29, 0.717) is 25.0 Å². The van der Waals surface area contributed by atoms with Crippen LogP contribution in [0.3, 0.4) is 0 Å². The predicted molar refractivity (Wildman–Crippen MR) is 90.5 cm³/mol. The molecule has 24 heavy (non-hydrogen) atoms. The molecule has 2 rings (SSSR count). The van der Waals surface area contributed by atoms with E-state index in [1.54, 1.807) is 24.3 Å². The normalized spacial score (nSPS) is 19.8. The van der Waals surface area contributed by atoms with Crippen LogP contribution in [0.15, 0.2) is 24.3 Å². The zero-order chi connectivity index (χ0) is 17.7. The van der Waals surface area contributed by atoms with Crippen molar-refractivity contribution in [3.63, 3.8) is 0 Å². The Hall–Kier alpha value is -1.63. The topological polar surface area (TPSA) is 68.2 Å². The first-order valence-electron chi connectivity index (χ1n) is 8.29. The van der Waals surface area contributed by atoms with Crippen LogP contribution in [0, 0.1) is 0 Å². The van der Waals surface area contributed by atoms with E-state index in [1.165, 1.54) is 0 Å². The summed E-state index contributed by atoms with van der Waals surface area (Å²) < 4.78 is 17.2. The van der Waals surface area contributed by atoms with Crippen LogP contribution in [-0.4, -0.2) is 60.2 Å². The summed E-state index contributed by atoms with van der Waals surface area (Å²) in [6, 6.07) is 6.82. The number of carboxylic acids is 1. The summed E-state index contributed by atoms with van der Waals surface area (Å²) in [7, 11) is 0. The highest BCUT2D eigenvalue weighted by Gasteiger charge is 2.33. The van der Waals surface area contributed by atoms with Crippen LogP contribution in [0.2, 0.25) is 0 Å². The molecule has 1 atom stereocenters. The molecule has 1 aliphatic rings. The molecule has 6 nitrogen and oxygen atoms in total. The molecule has 1 saturated heterocycles. The summed E-state index contributed by atoms with van der Waals surface area (Å²) >= 11 is 0. The second kappa shape index (κ2) is 7.96. The molecule has 1 aromatic carbocycles. The molecule has 0 aromatic heterocycles. The highest BCUT2D eigenvalue weighted by Crippen LogP contribution is 2.23. The number of benzene rings is 1. The number of nitrogens with zero attached hydrogens (tertiary/aromatic N) is 1. The van der Waals surface area contributed by atoms with Crippen LogP contribution in [-0.2, 0) is 9.47 Å². The van der Waals surface area contributed by atoms with Crippen molar-refractivity contribution in [2.45, 2.75) is 45.6 Å². The molecule has 0 bridgehead atoms. The SMILES string of the molecule is CC(C)N(CCOc1ccc(C(=O)O)cc1)CC1COC(C)(C)O1. The highest BCUT2D eigenvalue weighted by atomic mass is 16.7. The zero-order valence-electron chi connectivity index (χ0n) is 14.8. The van der Waals surface area contributed by atoms with Crippen molar-refractivity contribution in [1.29, 1.82) is 0 Å². The Labute approximate surface area is 143 Å². The molecule has 1 N–H and O–H groups in total. The second-order valence-corrected chi connectivity index (χ2v) is 6.72. The van der Waals surface area contributed by atoms with E-state index in [-0.39, 0.29) is 11.7 Å². The Morgan fingerprint density at radius 2 is 2.04 bits per heavy atom. The zero-order valence-corrected chi connectivity index (χ0v) is 14.8. The molecular formula is C18H27NO5. The van der Waals surface area contributed by atoms with Gasteiger partial charge in [0.25, 0.3) is 0 Å². The summed E-state index contributed by atoms with van der Waals surface area (Å²) in [5.74, 6) is -0.769. The van der Waals surface area contributed by atoms with Crippen molar-refractivity contribution in [3.05, 3.63) is 29.8 Å². The lowest BCUT2D eigenvalue weighted by Gasteiger charge is -2.29. The smallest absolute Gasteiger partial charge is 0.335 e. The minimum Gasteiger partial charge on any atom is -0.492 e. The van der Waals surface area contributed by atoms with Crippen molar-refractivity contribution in [2.75, 3.05) is 26.3 Å². The second-order valence-electron chi connectivity index (χ2n) is 6.72. The Bertz CT molecular complexity index is 541. The third kappa shape index (κ3) is 5.47. The standard InChI is InChI=1S/C18H27NO5/c1-13(2)19(11-16-12-23-18(3,4)24-16)9-10-22-15-7-5-14(6-8-15)17(20)21/h5-8,13,16H,9-12H2,1-4H3,(H,20,21). The van der Waals surface area contributed by atoms with Crippen LogP contribution >= 0.6 is 0 Å². The summed E-state index contributed by atoms with van der Waals surface area (Å²) in [6.07, 6.45) is 0.0669. The average Bonchev–Trinajstić information content (AvgIpc) is 2.85. The number of carboxylic acid groups (broad SMARTS) is 1. The number of aromatic carboxylic acids is 1. The van der Waals surface area contributed by atoms with E-state index in [2.05, 4.69) is 18.7 Å². The maximum Gasteiger partial charge on any atom is 0.335 e. The molecule has 1 aliphatic heterocycles. The van der Waals surface area contributed by atoms with E-state index >= 15 is 0 Å². The summed E-state index contributed by atoms with van der Waals surface area (Å²) in [6.45, 7) is 10.8. The lowest BCUT2D eigenvalue weighted by molar-refractivity contribution is -0.141. The maximum absolute atomic E-state index is 10.8. The van der Waals surface area contributed by atoms with Gasteiger partial charge in [-0.2, -0.15) is 0 Å². The van der Waals surface area contributed by atoms with Gasteiger partial charge in [-0.15, -0.1) is 0 Å². The molecule has 1 unspecified atom stereocenters. The van der Waals surface area contributed by atoms with Gasteiger partial charge in [0.15, 0.2) is 5.79 Å². The van der Waals surface area contributed by atoms with Gasteiger partial charge in [-0.3, -0.25) is 4.90 Å². The number of hydrogen-bond acceptors (Lipinski definition) is 5. The molecule has 0 amide bonds. The van der Waals surface area contributed by atoms with E-state index in [1.807, 2.05) is 13.8 Å². The monoisotopic (exact) mass is 337 g/mol. The largest absolute Gasteiger partial charge is 0.492 e. The molecule has 0 aliphatic carbocycles. The summed E-state index contributed by atoms with van der Waals surface area (Å²) in [5.41, 5.74) is 0.257. The van der Waals surface area contributed by atoms with Gasteiger partial charge in [0.05, 0.1) is 18.3 Å². The average molecular weight is 337 g/mol. The molecule has 0 spiro atoms. The van der Waals surface area contributed by atoms with Crippen LogP contribution in [0.25, 0.3) is 0 Å². The van der Waals surface area contributed by atoms with Crippen molar-refractivity contribution < 1.29 is 24.1 Å². The molecule has 0 saturated carbocycles. The van der Waals surface area contributed by atoms with Gasteiger partial charge in [-0.1, -0.05) is 0 Å². The van der Waals surface area contributed by atoms with Crippen LogP contribution in [0.5, 0.6) is 5.75 Å². The lowest BCUT2D eigenvalue weighted by atomic mass is 10.2. The fourth-order valence-electron chi connectivity index (χ4n) is 2.65. The van der Waals surface area contributed by atoms with Gasteiger partial charge >= 0.3 is 5.97 Å². The van der Waals surface area contributed by atoms with E-state index in [4.69, 9.17) is 19.3 Å². The van der Waals surface area contributed by atoms with Gasteiger partial charge in [0, 0.05) is 19.1 Å². The van der Waals surface area contributed by atoms with Crippen molar-refractivity contribution in [1.82, 2.24) is 4.90 Å². The van der Waals surface area contributed by atoms with Crippen LogP contribution < -0.4 is 4.74 Å². The quantitative estimate of drug-likeness (QED) is 0.786. The first-order valence-corrected chi connectivity index (χ1v) is 8.29. The molecule has 1 aromatic rings. The Morgan fingerprint density at radius 1 is 1.38 bits per heavy atom. The highest BCUT2D eigenvalue weighted by molar-refractivity contribution is 5.87. The van der Waals surface area contributed by atoms with Gasteiger partial charge < -0.3 is 19.3 Å². The minimum atomic E-state index is -0.936. The molecular weight excluding hydrogens is 310 g/mol. The van der Waals surface area contributed by atoms with E-state index in [0.717, 1.165) is 13.1 Å².